The van der Waals surface area contributed by atoms with Crippen molar-refractivity contribution in [2.75, 3.05) is 46.3 Å². The van der Waals surface area contributed by atoms with Crippen LogP contribution in [-0.2, 0) is 10.0 Å². The molecule has 0 unspecified atom stereocenters. The summed E-state index contributed by atoms with van der Waals surface area (Å²) in [6, 6.07) is 6.93. The highest BCUT2D eigenvalue weighted by Crippen LogP contribution is 2.11. The largest absolute Gasteiger partial charge is 0.328 e. The van der Waals surface area contributed by atoms with Gasteiger partial charge in [0.05, 0.1) is 18.5 Å². The zero-order chi connectivity index (χ0) is 15.3. The number of sulfonamides is 1. The number of halogens is 1. The molecule has 1 heterocycles. The monoisotopic (exact) mass is 425 g/mol. The Hall–Kier alpha value is -0.220. The summed E-state index contributed by atoms with van der Waals surface area (Å²) in [6.45, 7) is 6.36. The summed E-state index contributed by atoms with van der Waals surface area (Å²) in [4.78, 5) is 3.53. The zero-order valence-electron chi connectivity index (χ0n) is 12.4. The van der Waals surface area contributed by atoms with Gasteiger partial charge in [0.15, 0.2) is 0 Å². The predicted molar refractivity (Wildman–Crippen MR) is 91.1 cm³/mol. The second-order valence-electron chi connectivity index (χ2n) is 5.66. The number of rotatable bonds is 6. The molecule has 0 aliphatic carbocycles. The summed E-state index contributed by atoms with van der Waals surface area (Å²) < 4.78 is 28.0. The standard InChI is InChI=1S/C14H22IN3O2S/c1-17-9-11-18(12-10-17)8-2-7-16-21(19,20)14-5-3-13(15)4-6-14/h3-6,16H,2,7-12H2,1H3/p+2. The molecule has 118 valence electrons. The topological polar surface area (TPSA) is 55.1 Å². The van der Waals surface area contributed by atoms with Gasteiger partial charge in [0.1, 0.15) is 26.2 Å². The average Bonchev–Trinajstić information content (AvgIpc) is 2.46. The number of nitrogens with one attached hydrogen (secondary N) is 3. The Labute approximate surface area is 140 Å². The van der Waals surface area contributed by atoms with E-state index in [0.29, 0.717) is 11.4 Å². The normalized spacial score (nSPS) is 23.1. The molecule has 7 heteroatoms. The molecule has 21 heavy (non-hydrogen) atoms. The van der Waals surface area contributed by atoms with E-state index in [1.807, 2.05) is 12.1 Å². The first-order valence-electron chi connectivity index (χ1n) is 7.37. The van der Waals surface area contributed by atoms with E-state index in [9.17, 15) is 8.42 Å². The highest BCUT2D eigenvalue weighted by atomic mass is 127. The quantitative estimate of drug-likeness (QED) is 0.379. The first-order chi connectivity index (χ1) is 9.97. The summed E-state index contributed by atoms with van der Waals surface area (Å²) >= 11 is 2.17. The van der Waals surface area contributed by atoms with Crippen molar-refractivity contribution in [1.82, 2.24) is 4.72 Å². The Morgan fingerprint density at radius 2 is 1.76 bits per heavy atom. The van der Waals surface area contributed by atoms with Crippen LogP contribution in [0.1, 0.15) is 6.42 Å². The van der Waals surface area contributed by atoms with Crippen LogP contribution < -0.4 is 14.5 Å². The smallest absolute Gasteiger partial charge is 0.240 e. The maximum absolute atomic E-state index is 12.1. The summed E-state index contributed by atoms with van der Waals surface area (Å²) in [6.07, 6.45) is 0.887. The third-order valence-electron chi connectivity index (χ3n) is 3.93. The predicted octanol–water partition coefficient (Wildman–Crippen LogP) is -1.63. The van der Waals surface area contributed by atoms with E-state index in [0.717, 1.165) is 16.5 Å². The van der Waals surface area contributed by atoms with Crippen LogP contribution >= 0.6 is 22.6 Å². The molecule has 1 aliphatic heterocycles. The molecule has 0 saturated carbocycles. The number of piperazine rings is 1. The fourth-order valence-corrected chi connectivity index (χ4v) is 3.96. The lowest BCUT2D eigenvalue weighted by atomic mass is 10.3. The van der Waals surface area contributed by atoms with Crippen LogP contribution in [-0.4, -0.2) is 54.7 Å². The van der Waals surface area contributed by atoms with Gasteiger partial charge in [0.2, 0.25) is 10.0 Å². The third kappa shape index (κ3) is 5.48. The van der Waals surface area contributed by atoms with Gasteiger partial charge in [0, 0.05) is 16.5 Å². The van der Waals surface area contributed by atoms with Crippen LogP contribution in [0.3, 0.4) is 0 Å². The molecule has 0 spiro atoms. The average molecular weight is 425 g/mol. The van der Waals surface area contributed by atoms with Crippen molar-refractivity contribution in [3.05, 3.63) is 27.8 Å². The van der Waals surface area contributed by atoms with Gasteiger partial charge in [0.25, 0.3) is 0 Å². The highest BCUT2D eigenvalue weighted by Gasteiger charge is 2.19. The molecule has 1 fully saturated rings. The van der Waals surface area contributed by atoms with Crippen LogP contribution in [0.25, 0.3) is 0 Å². The van der Waals surface area contributed by atoms with Crippen molar-refractivity contribution in [2.45, 2.75) is 11.3 Å². The molecule has 1 saturated heterocycles. The third-order valence-corrected chi connectivity index (χ3v) is 6.13. The zero-order valence-corrected chi connectivity index (χ0v) is 15.3. The van der Waals surface area contributed by atoms with Crippen LogP contribution in [0.4, 0.5) is 0 Å². The molecule has 0 bridgehead atoms. The van der Waals surface area contributed by atoms with Crippen molar-refractivity contribution in [2.24, 2.45) is 0 Å². The Balaban J connectivity index is 1.73. The summed E-state index contributed by atoms with van der Waals surface area (Å²) in [7, 11) is -1.13. The highest BCUT2D eigenvalue weighted by molar-refractivity contribution is 14.1. The van der Waals surface area contributed by atoms with Crippen molar-refractivity contribution < 1.29 is 18.2 Å². The van der Waals surface area contributed by atoms with Crippen LogP contribution in [0, 0.1) is 3.57 Å². The van der Waals surface area contributed by atoms with E-state index in [-0.39, 0.29) is 0 Å². The Bertz CT molecular complexity index is 540. The minimum Gasteiger partial charge on any atom is -0.328 e. The first kappa shape index (κ1) is 17.1. The Morgan fingerprint density at radius 1 is 1.14 bits per heavy atom. The second kappa shape index (κ2) is 7.87. The fourth-order valence-electron chi connectivity index (χ4n) is 2.52. The Morgan fingerprint density at radius 3 is 2.38 bits per heavy atom. The molecule has 3 N–H and O–H groups in total. The van der Waals surface area contributed by atoms with Crippen molar-refractivity contribution in [1.29, 1.82) is 0 Å². The summed E-state index contributed by atoms with van der Waals surface area (Å²) in [5.41, 5.74) is 0. The van der Waals surface area contributed by atoms with Gasteiger partial charge in [-0.05, 0) is 46.9 Å². The molecule has 0 aromatic heterocycles. The number of hydrogen-bond acceptors (Lipinski definition) is 2. The molecule has 1 aromatic rings. The van der Waals surface area contributed by atoms with Gasteiger partial charge in [-0.1, -0.05) is 0 Å². The lowest BCUT2D eigenvalue weighted by molar-refractivity contribution is -1.00. The van der Waals surface area contributed by atoms with E-state index in [1.54, 1.807) is 21.9 Å². The van der Waals surface area contributed by atoms with Gasteiger partial charge < -0.3 is 9.80 Å². The number of likely N-dealkylation sites (N-methyl/N-ethyl adjacent to an activating group) is 1. The van der Waals surface area contributed by atoms with Crippen LogP contribution in [0.15, 0.2) is 29.2 Å². The molecular formula is C14H24IN3O2S+2. The Kier molecular flexibility index (Phi) is 6.42. The minimum atomic E-state index is -3.36. The molecule has 0 amide bonds. The lowest BCUT2D eigenvalue weighted by Crippen LogP contribution is -3.27. The molecule has 0 radical (unpaired) electrons. The van der Waals surface area contributed by atoms with Gasteiger partial charge >= 0.3 is 0 Å². The maximum Gasteiger partial charge on any atom is 0.240 e. The summed E-state index contributed by atoms with van der Waals surface area (Å²) in [5, 5.41) is 0. The van der Waals surface area contributed by atoms with Crippen molar-refractivity contribution in [3.8, 4) is 0 Å². The minimum absolute atomic E-state index is 0.346. The van der Waals surface area contributed by atoms with Gasteiger partial charge in [-0.2, -0.15) is 0 Å². The van der Waals surface area contributed by atoms with Gasteiger partial charge in [-0.3, -0.25) is 0 Å². The van der Waals surface area contributed by atoms with Crippen molar-refractivity contribution >= 4 is 32.6 Å². The number of hydrogen-bond donors (Lipinski definition) is 3. The van der Waals surface area contributed by atoms with Gasteiger partial charge in [-0.25, -0.2) is 13.1 Å². The molecular weight excluding hydrogens is 401 g/mol. The first-order valence-corrected chi connectivity index (χ1v) is 9.94. The van der Waals surface area contributed by atoms with E-state index in [2.05, 4.69) is 34.4 Å². The van der Waals surface area contributed by atoms with Gasteiger partial charge in [-0.15, -0.1) is 0 Å². The van der Waals surface area contributed by atoms with E-state index >= 15 is 0 Å². The summed E-state index contributed by atoms with van der Waals surface area (Å²) in [5.74, 6) is 0. The molecule has 1 aliphatic rings. The molecule has 1 aromatic carbocycles. The van der Waals surface area contributed by atoms with Crippen LogP contribution in [0.2, 0.25) is 0 Å². The maximum atomic E-state index is 12.1. The second-order valence-corrected chi connectivity index (χ2v) is 8.67. The molecule has 0 atom stereocenters. The van der Waals surface area contributed by atoms with E-state index in [1.165, 1.54) is 26.2 Å². The van der Waals surface area contributed by atoms with E-state index in [4.69, 9.17) is 0 Å². The lowest BCUT2D eigenvalue weighted by Gasteiger charge is -2.27. The molecule has 5 nitrogen and oxygen atoms in total. The number of quaternary nitrogens is 2. The fraction of sp³-hybridized carbons (Fsp3) is 0.571. The van der Waals surface area contributed by atoms with Crippen molar-refractivity contribution in [3.63, 3.8) is 0 Å². The van der Waals surface area contributed by atoms with Crippen LogP contribution in [0.5, 0.6) is 0 Å². The van der Waals surface area contributed by atoms with E-state index < -0.39 is 10.0 Å². The SMILES string of the molecule is C[NH+]1CC[NH+](CCCNS(=O)(=O)c2ccc(I)cc2)CC1. The number of benzene rings is 1. The molecule has 2 rings (SSSR count).